The van der Waals surface area contributed by atoms with Crippen LogP contribution in [0.25, 0.3) is 0 Å². The van der Waals surface area contributed by atoms with Gasteiger partial charge >= 0.3 is 0 Å². The zero-order valence-electron chi connectivity index (χ0n) is 15.9. The lowest BCUT2D eigenvalue weighted by Crippen LogP contribution is -2.44. The van der Waals surface area contributed by atoms with Gasteiger partial charge in [0.05, 0.1) is 25.2 Å². The highest BCUT2D eigenvalue weighted by Crippen LogP contribution is 2.35. The summed E-state index contributed by atoms with van der Waals surface area (Å²) in [6.45, 7) is 5.15. The Morgan fingerprint density at radius 1 is 1.41 bits per heavy atom. The number of ether oxygens (including phenoxy) is 2. The summed E-state index contributed by atoms with van der Waals surface area (Å²) in [5.41, 5.74) is 2.10. The maximum atomic E-state index is 11.6. The van der Waals surface area contributed by atoms with Crippen LogP contribution >= 0.6 is 24.0 Å². The summed E-state index contributed by atoms with van der Waals surface area (Å²) >= 11 is 0. The molecule has 0 aliphatic carbocycles. The van der Waals surface area contributed by atoms with Gasteiger partial charge in [0.25, 0.3) is 0 Å². The predicted molar refractivity (Wildman–Crippen MR) is 117 cm³/mol. The molecule has 27 heavy (non-hydrogen) atoms. The van der Waals surface area contributed by atoms with Crippen LogP contribution in [0.4, 0.5) is 0 Å². The number of benzene rings is 1. The first-order chi connectivity index (χ1) is 12.4. The Balaban J connectivity index is 0.00000261. The Hall–Kier alpha value is -1.23. The maximum absolute atomic E-state index is 11.6. The van der Waals surface area contributed by atoms with Crippen molar-refractivity contribution < 1.29 is 17.9 Å². The highest BCUT2D eigenvalue weighted by atomic mass is 127. The number of nitrogens with one attached hydrogen (secondary N) is 2. The van der Waals surface area contributed by atoms with Gasteiger partial charge in [0, 0.05) is 30.1 Å². The SMILES string of the molecule is CCNC(=NCc1cc2c(cc1OC)CC(C)O2)NC1CCS(=O)(=O)C1.I. The monoisotopic (exact) mass is 509 g/mol. The minimum Gasteiger partial charge on any atom is -0.496 e. The van der Waals surface area contributed by atoms with Crippen molar-refractivity contribution in [2.24, 2.45) is 4.99 Å². The van der Waals surface area contributed by atoms with Gasteiger partial charge in [0.15, 0.2) is 15.8 Å². The van der Waals surface area contributed by atoms with E-state index in [9.17, 15) is 8.42 Å². The van der Waals surface area contributed by atoms with E-state index in [1.165, 1.54) is 0 Å². The van der Waals surface area contributed by atoms with Gasteiger partial charge in [-0.3, -0.25) is 0 Å². The molecule has 2 atom stereocenters. The number of sulfone groups is 1. The number of halogens is 1. The van der Waals surface area contributed by atoms with Gasteiger partial charge in [-0.2, -0.15) is 0 Å². The van der Waals surface area contributed by atoms with Crippen LogP contribution in [0.5, 0.6) is 11.5 Å². The summed E-state index contributed by atoms with van der Waals surface area (Å²) in [6, 6.07) is 3.92. The van der Waals surface area contributed by atoms with Crippen molar-refractivity contribution in [3.05, 3.63) is 23.3 Å². The molecule has 1 aromatic carbocycles. The molecule has 2 aliphatic heterocycles. The third-order valence-electron chi connectivity index (χ3n) is 4.62. The maximum Gasteiger partial charge on any atom is 0.191 e. The molecule has 2 unspecified atom stereocenters. The molecule has 2 heterocycles. The molecule has 1 aromatic rings. The number of rotatable bonds is 5. The second kappa shape index (κ2) is 9.31. The van der Waals surface area contributed by atoms with Crippen LogP contribution in [-0.2, 0) is 22.8 Å². The lowest BCUT2D eigenvalue weighted by molar-refractivity contribution is 0.254. The van der Waals surface area contributed by atoms with Crippen molar-refractivity contribution >= 4 is 39.8 Å². The fourth-order valence-corrected chi connectivity index (χ4v) is 5.05. The lowest BCUT2D eigenvalue weighted by atomic mass is 10.1. The van der Waals surface area contributed by atoms with Gasteiger partial charge in [-0.05, 0) is 32.4 Å². The summed E-state index contributed by atoms with van der Waals surface area (Å²) in [4.78, 5) is 4.61. The number of methoxy groups -OCH3 is 1. The molecule has 3 rings (SSSR count). The van der Waals surface area contributed by atoms with Crippen molar-refractivity contribution in [1.29, 1.82) is 0 Å². The highest BCUT2D eigenvalue weighted by molar-refractivity contribution is 14.0. The molecule has 152 valence electrons. The molecule has 0 amide bonds. The van der Waals surface area contributed by atoms with Gasteiger partial charge in [-0.1, -0.05) is 0 Å². The van der Waals surface area contributed by atoms with Crippen molar-refractivity contribution in [3.63, 3.8) is 0 Å². The third kappa shape index (κ3) is 5.63. The fourth-order valence-electron chi connectivity index (χ4n) is 3.38. The Morgan fingerprint density at radius 2 is 2.19 bits per heavy atom. The van der Waals surface area contributed by atoms with E-state index in [-0.39, 0.29) is 47.6 Å². The first-order valence-electron chi connectivity index (χ1n) is 9.02. The van der Waals surface area contributed by atoms with E-state index < -0.39 is 9.84 Å². The standard InChI is InChI=1S/C18H27N3O4S.HI/c1-4-19-18(21-15-5-6-26(22,23)11-15)20-10-14-9-17-13(7-12(2)25-17)8-16(14)24-3;/h8-9,12,15H,4-7,10-11H2,1-3H3,(H2,19,20,21);1H. The molecule has 0 radical (unpaired) electrons. The van der Waals surface area contributed by atoms with E-state index in [0.29, 0.717) is 25.5 Å². The number of hydrogen-bond donors (Lipinski definition) is 2. The van der Waals surface area contributed by atoms with Crippen LogP contribution in [0, 0.1) is 0 Å². The minimum absolute atomic E-state index is 0. The quantitative estimate of drug-likeness (QED) is 0.358. The van der Waals surface area contributed by atoms with Crippen molar-refractivity contribution in [3.8, 4) is 11.5 Å². The first-order valence-corrected chi connectivity index (χ1v) is 10.8. The predicted octanol–water partition coefficient (Wildman–Crippen LogP) is 1.88. The molecule has 0 bridgehead atoms. The van der Waals surface area contributed by atoms with Gasteiger partial charge in [-0.25, -0.2) is 13.4 Å². The molecule has 1 saturated heterocycles. The number of guanidine groups is 1. The van der Waals surface area contributed by atoms with E-state index >= 15 is 0 Å². The zero-order valence-corrected chi connectivity index (χ0v) is 19.1. The van der Waals surface area contributed by atoms with Crippen molar-refractivity contribution in [1.82, 2.24) is 10.6 Å². The number of nitrogens with zero attached hydrogens (tertiary/aromatic N) is 1. The summed E-state index contributed by atoms with van der Waals surface area (Å²) in [7, 11) is -1.27. The Kier molecular flexibility index (Phi) is 7.61. The lowest BCUT2D eigenvalue weighted by Gasteiger charge is -2.16. The van der Waals surface area contributed by atoms with Crippen molar-refractivity contribution in [2.45, 2.75) is 45.4 Å². The van der Waals surface area contributed by atoms with Crippen LogP contribution < -0.4 is 20.1 Å². The Labute approximate surface area is 178 Å². The topological polar surface area (TPSA) is 89.0 Å². The molecule has 2 aliphatic rings. The van der Waals surface area contributed by atoms with Crippen LogP contribution in [-0.4, -0.2) is 51.7 Å². The smallest absolute Gasteiger partial charge is 0.191 e. The molecule has 9 heteroatoms. The summed E-state index contributed by atoms with van der Waals surface area (Å²) in [5, 5.41) is 6.40. The molecular weight excluding hydrogens is 481 g/mol. The Bertz CT molecular complexity index is 798. The van der Waals surface area contributed by atoms with Crippen LogP contribution in [0.15, 0.2) is 17.1 Å². The first kappa shape index (κ1) is 22.1. The van der Waals surface area contributed by atoms with E-state index in [1.54, 1.807) is 7.11 Å². The van der Waals surface area contributed by atoms with Gasteiger partial charge < -0.3 is 20.1 Å². The summed E-state index contributed by atoms with van der Waals surface area (Å²) in [6.07, 6.45) is 1.67. The second-order valence-electron chi connectivity index (χ2n) is 6.84. The summed E-state index contributed by atoms with van der Waals surface area (Å²) in [5.74, 6) is 2.70. The van der Waals surface area contributed by atoms with E-state index in [0.717, 1.165) is 29.0 Å². The van der Waals surface area contributed by atoms with Crippen molar-refractivity contribution in [2.75, 3.05) is 25.2 Å². The normalized spacial score (nSPS) is 23.1. The fraction of sp³-hybridized carbons (Fsp3) is 0.611. The minimum atomic E-state index is -2.93. The highest BCUT2D eigenvalue weighted by Gasteiger charge is 2.28. The van der Waals surface area contributed by atoms with E-state index in [1.807, 2.05) is 26.0 Å². The molecule has 0 spiro atoms. The van der Waals surface area contributed by atoms with Crippen LogP contribution in [0.1, 0.15) is 31.4 Å². The molecule has 7 nitrogen and oxygen atoms in total. The zero-order chi connectivity index (χ0) is 18.7. The van der Waals surface area contributed by atoms with E-state index in [2.05, 4.69) is 15.6 Å². The number of fused-ring (bicyclic) bond motifs is 1. The number of aliphatic imine (C=N–C) groups is 1. The second-order valence-corrected chi connectivity index (χ2v) is 9.07. The van der Waals surface area contributed by atoms with Gasteiger partial charge in [0.2, 0.25) is 0 Å². The average Bonchev–Trinajstić information content (AvgIpc) is 3.11. The van der Waals surface area contributed by atoms with Crippen LogP contribution in [0.2, 0.25) is 0 Å². The molecule has 2 N–H and O–H groups in total. The molecule has 1 fully saturated rings. The Morgan fingerprint density at radius 3 is 2.81 bits per heavy atom. The van der Waals surface area contributed by atoms with E-state index in [4.69, 9.17) is 9.47 Å². The number of hydrogen-bond acceptors (Lipinski definition) is 5. The van der Waals surface area contributed by atoms with Gasteiger partial charge in [0.1, 0.15) is 17.6 Å². The largest absolute Gasteiger partial charge is 0.496 e. The van der Waals surface area contributed by atoms with Crippen LogP contribution in [0.3, 0.4) is 0 Å². The summed E-state index contributed by atoms with van der Waals surface area (Å²) < 4.78 is 34.6. The van der Waals surface area contributed by atoms with Gasteiger partial charge in [-0.15, -0.1) is 24.0 Å². The molecule has 0 saturated carbocycles. The average molecular weight is 509 g/mol. The third-order valence-corrected chi connectivity index (χ3v) is 6.39. The molecular formula is C18H28IN3O4S. The molecule has 0 aromatic heterocycles.